The summed E-state index contributed by atoms with van der Waals surface area (Å²) in [6, 6.07) is -0.243. The van der Waals surface area contributed by atoms with Gasteiger partial charge in [-0.2, -0.15) is 0 Å². The van der Waals surface area contributed by atoms with E-state index in [2.05, 4.69) is 0 Å². The fraction of sp³-hybridized carbons (Fsp3) is 0.857. The molecule has 0 radical (unpaired) electrons. The normalized spacial score (nSPS) is 18.6. The van der Waals surface area contributed by atoms with Crippen LogP contribution in [0.15, 0.2) is 0 Å². The Kier molecular flexibility index (Phi) is 6.78. The van der Waals surface area contributed by atoms with Gasteiger partial charge in [-0.1, -0.05) is 13.8 Å². The van der Waals surface area contributed by atoms with Crippen LogP contribution in [0.3, 0.4) is 0 Å². The summed E-state index contributed by atoms with van der Waals surface area (Å²) in [5.41, 5.74) is 0. The lowest BCUT2D eigenvalue weighted by Gasteiger charge is -2.35. The van der Waals surface area contributed by atoms with Gasteiger partial charge in [0, 0.05) is 25.2 Å². The summed E-state index contributed by atoms with van der Waals surface area (Å²) in [7, 11) is 0. The lowest BCUT2D eigenvalue weighted by Crippen LogP contribution is -2.50. The summed E-state index contributed by atoms with van der Waals surface area (Å²) < 4.78 is 0. The van der Waals surface area contributed by atoms with Crippen LogP contribution in [0.2, 0.25) is 0 Å². The minimum atomic E-state index is -0.869. The van der Waals surface area contributed by atoms with E-state index >= 15 is 0 Å². The number of aliphatic hydroxyl groups excluding tert-OH is 1. The van der Waals surface area contributed by atoms with Crippen LogP contribution in [0.1, 0.15) is 46.0 Å². The fourth-order valence-electron chi connectivity index (χ4n) is 2.94. The molecule has 1 rings (SSSR count). The topological polar surface area (TPSA) is 81.1 Å². The van der Waals surface area contributed by atoms with Gasteiger partial charge in [0.05, 0.1) is 13.0 Å². The first-order chi connectivity index (χ1) is 9.54. The third-order valence-electron chi connectivity index (χ3n) is 4.00. The summed E-state index contributed by atoms with van der Waals surface area (Å²) in [6.45, 7) is 4.88. The van der Waals surface area contributed by atoms with Crippen molar-refractivity contribution in [2.75, 3.05) is 19.7 Å². The van der Waals surface area contributed by atoms with Crippen LogP contribution in [0.4, 0.5) is 4.79 Å². The van der Waals surface area contributed by atoms with Crippen molar-refractivity contribution < 1.29 is 19.8 Å². The van der Waals surface area contributed by atoms with Crippen LogP contribution in [-0.2, 0) is 4.79 Å². The Labute approximate surface area is 120 Å². The third kappa shape index (κ3) is 4.10. The zero-order valence-electron chi connectivity index (χ0n) is 12.4. The molecule has 0 aromatic heterocycles. The molecule has 1 heterocycles. The molecule has 0 aliphatic carbocycles. The van der Waals surface area contributed by atoms with Gasteiger partial charge >= 0.3 is 12.0 Å². The van der Waals surface area contributed by atoms with Crippen LogP contribution in [0.5, 0.6) is 0 Å². The Hall–Kier alpha value is -1.30. The van der Waals surface area contributed by atoms with Crippen molar-refractivity contribution in [1.29, 1.82) is 0 Å². The molecule has 1 aliphatic heterocycles. The van der Waals surface area contributed by atoms with Crippen molar-refractivity contribution in [3.8, 4) is 0 Å². The van der Waals surface area contributed by atoms with Crippen molar-refractivity contribution in [3.63, 3.8) is 0 Å². The molecule has 1 aliphatic rings. The summed E-state index contributed by atoms with van der Waals surface area (Å²) in [5.74, 6) is -0.869. The molecule has 1 unspecified atom stereocenters. The predicted molar refractivity (Wildman–Crippen MR) is 75.5 cm³/mol. The average Bonchev–Trinajstić information content (AvgIpc) is 2.85. The molecule has 2 amide bonds. The minimum absolute atomic E-state index is 0.00161. The highest BCUT2D eigenvalue weighted by atomic mass is 16.4. The molecule has 1 atom stereocenters. The number of amides is 2. The standard InChI is InChI=1S/C14H26N2O4/c1-3-11(4-2)16(8-9-17)14(20)15-7-5-6-12(15)10-13(18)19/h11-12,17H,3-10H2,1-2H3,(H,18,19). The largest absolute Gasteiger partial charge is 0.481 e. The average molecular weight is 286 g/mol. The number of urea groups is 1. The molecule has 6 heteroatoms. The second-order valence-electron chi connectivity index (χ2n) is 5.26. The van der Waals surface area contributed by atoms with Crippen LogP contribution in [0, 0.1) is 0 Å². The summed E-state index contributed by atoms with van der Waals surface area (Å²) in [5, 5.41) is 18.1. The van der Waals surface area contributed by atoms with Gasteiger partial charge in [0.15, 0.2) is 0 Å². The molecule has 0 aromatic rings. The third-order valence-corrected chi connectivity index (χ3v) is 4.00. The number of hydrogen-bond acceptors (Lipinski definition) is 3. The second kappa shape index (κ2) is 8.09. The second-order valence-corrected chi connectivity index (χ2v) is 5.26. The Bertz CT molecular complexity index is 331. The molecule has 6 nitrogen and oxygen atoms in total. The van der Waals surface area contributed by atoms with E-state index in [-0.39, 0.29) is 31.1 Å². The molecule has 1 fully saturated rings. The molecule has 2 N–H and O–H groups in total. The van der Waals surface area contributed by atoms with Gasteiger partial charge in [-0.15, -0.1) is 0 Å². The van der Waals surface area contributed by atoms with Gasteiger partial charge in [-0.05, 0) is 25.7 Å². The number of aliphatic hydroxyl groups is 1. The number of nitrogens with zero attached hydrogens (tertiary/aromatic N) is 2. The van der Waals surface area contributed by atoms with Gasteiger partial charge in [-0.25, -0.2) is 4.79 Å². The Morgan fingerprint density at radius 1 is 1.35 bits per heavy atom. The highest BCUT2D eigenvalue weighted by molar-refractivity contribution is 5.77. The quantitative estimate of drug-likeness (QED) is 0.743. The number of likely N-dealkylation sites (tertiary alicyclic amines) is 1. The summed E-state index contributed by atoms with van der Waals surface area (Å²) in [6.07, 6.45) is 3.26. The van der Waals surface area contributed by atoms with Gasteiger partial charge in [0.2, 0.25) is 0 Å². The first-order valence-electron chi connectivity index (χ1n) is 7.44. The highest BCUT2D eigenvalue weighted by Gasteiger charge is 2.34. The zero-order valence-corrected chi connectivity index (χ0v) is 12.4. The summed E-state index contributed by atoms with van der Waals surface area (Å²) in [4.78, 5) is 26.9. The molecule has 20 heavy (non-hydrogen) atoms. The van der Waals surface area contributed by atoms with E-state index in [1.807, 2.05) is 13.8 Å². The number of aliphatic carboxylic acids is 1. The molecule has 0 bridgehead atoms. The van der Waals surface area contributed by atoms with E-state index in [9.17, 15) is 14.7 Å². The molecule has 1 saturated heterocycles. The van der Waals surface area contributed by atoms with Gasteiger partial charge in [0.1, 0.15) is 0 Å². The molecule has 0 aromatic carbocycles. The molecule has 116 valence electrons. The van der Waals surface area contributed by atoms with Crippen LogP contribution in [-0.4, -0.2) is 63.8 Å². The molecular formula is C14H26N2O4. The lowest BCUT2D eigenvalue weighted by atomic mass is 10.1. The summed E-state index contributed by atoms with van der Waals surface area (Å²) >= 11 is 0. The van der Waals surface area contributed by atoms with Crippen LogP contribution in [0.25, 0.3) is 0 Å². The van der Waals surface area contributed by atoms with E-state index in [4.69, 9.17) is 5.11 Å². The van der Waals surface area contributed by atoms with Gasteiger partial charge in [0.25, 0.3) is 0 Å². The maximum atomic E-state index is 12.6. The van der Waals surface area contributed by atoms with Crippen LogP contribution < -0.4 is 0 Å². The maximum absolute atomic E-state index is 12.6. The van der Waals surface area contributed by atoms with Crippen molar-refractivity contribution in [2.45, 2.75) is 58.0 Å². The smallest absolute Gasteiger partial charge is 0.320 e. The van der Waals surface area contributed by atoms with E-state index in [0.717, 1.165) is 25.7 Å². The van der Waals surface area contributed by atoms with Crippen molar-refractivity contribution in [3.05, 3.63) is 0 Å². The van der Waals surface area contributed by atoms with E-state index < -0.39 is 5.97 Å². The van der Waals surface area contributed by atoms with E-state index in [1.165, 1.54) is 0 Å². The van der Waals surface area contributed by atoms with Gasteiger partial charge in [-0.3, -0.25) is 4.79 Å². The van der Waals surface area contributed by atoms with Crippen LogP contribution >= 0.6 is 0 Å². The molecular weight excluding hydrogens is 260 g/mol. The van der Waals surface area contributed by atoms with Gasteiger partial charge < -0.3 is 20.0 Å². The molecule has 0 saturated carbocycles. The Balaban J connectivity index is 2.79. The highest BCUT2D eigenvalue weighted by Crippen LogP contribution is 2.23. The first-order valence-corrected chi connectivity index (χ1v) is 7.44. The van der Waals surface area contributed by atoms with Crippen molar-refractivity contribution in [1.82, 2.24) is 9.80 Å². The molecule has 0 spiro atoms. The monoisotopic (exact) mass is 286 g/mol. The SMILES string of the molecule is CCC(CC)N(CCO)C(=O)N1CCCC1CC(=O)O. The Morgan fingerprint density at radius 3 is 2.50 bits per heavy atom. The number of carboxylic acids is 1. The lowest BCUT2D eigenvalue weighted by molar-refractivity contribution is -0.138. The minimum Gasteiger partial charge on any atom is -0.481 e. The van der Waals surface area contributed by atoms with Crippen molar-refractivity contribution in [2.24, 2.45) is 0 Å². The zero-order chi connectivity index (χ0) is 15.1. The first kappa shape index (κ1) is 16.8. The number of hydrogen-bond donors (Lipinski definition) is 2. The number of carbonyl (C=O) groups excluding carboxylic acids is 1. The van der Waals surface area contributed by atoms with E-state index in [0.29, 0.717) is 13.1 Å². The van der Waals surface area contributed by atoms with E-state index in [1.54, 1.807) is 9.80 Å². The number of carboxylic acid groups (broad SMARTS) is 1. The number of carbonyl (C=O) groups is 2. The Morgan fingerprint density at radius 2 is 2.00 bits per heavy atom. The maximum Gasteiger partial charge on any atom is 0.320 e. The number of rotatable bonds is 7. The fourth-order valence-corrected chi connectivity index (χ4v) is 2.94. The van der Waals surface area contributed by atoms with Crippen molar-refractivity contribution >= 4 is 12.0 Å². The predicted octanol–water partition coefficient (Wildman–Crippen LogP) is 1.53.